The third-order valence-corrected chi connectivity index (χ3v) is 1.91. The monoisotopic (exact) mass is 180 g/mol. The van der Waals surface area contributed by atoms with Gasteiger partial charge in [-0.15, -0.1) is 0 Å². The minimum absolute atomic E-state index is 0.596. The van der Waals surface area contributed by atoms with Crippen LogP contribution in [-0.2, 0) is 5.60 Å². The predicted octanol–water partition coefficient (Wildman–Crippen LogP) is 0.851. The van der Waals surface area contributed by atoms with Crippen molar-refractivity contribution in [3.8, 4) is 0 Å². The standard InChI is InChI=1S/C10H16N2O/c1-10(13,8-12(2)3)9-5-4-6-11-7-9/h4-7,13H,8H2,1-3H3. The van der Waals surface area contributed by atoms with Gasteiger partial charge in [0.05, 0.1) is 0 Å². The van der Waals surface area contributed by atoms with E-state index < -0.39 is 5.60 Å². The maximum absolute atomic E-state index is 10.1. The fourth-order valence-electron chi connectivity index (χ4n) is 1.39. The third-order valence-electron chi connectivity index (χ3n) is 1.91. The van der Waals surface area contributed by atoms with Crippen LogP contribution >= 0.6 is 0 Å². The highest BCUT2D eigenvalue weighted by molar-refractivity contribution is 5.17. The van der Waals surface area contributed by atoms with Gasteiger partial charge in [0.2, 0.25) is 0 Å². The summed E-state index contributed by atoms with van der Waals surface area (Å²) in [5.41, 5.74) is 0.0290. The zero-order chi connectivity index (χ0) is 9.90. The lowest BCUT2D eigenvalue weighted by atomic mass is 9.97. The Morgan fingerprint density at radius 2 is 2.23 bits per heavy atom. The summed E-state index contributed by atoms with van der Waals surface area (Å²) >= 11 is 0. The molecule has 1 rings (SSSR count). The van der Waals surface area contributed by atoms with Crippen molar-refractivity contribution in [3.63, 3.8) is 0 Å². The van der Waals surface area contributed by atoms with Crippen LogP contribution in [0.1, 0.15) is 12.5 Å². The topological polar surface area (TPSA) is 36.4 Å². The molecular formula is C10H16N2O. The van der Waals surface area contributed by atoms with Gasteiger partial charge in [0, 0.05) is 24.5 Å². The van der Waals surface area contributed by atoms with Gasteiger partial charge in [-0.1, -0.05) is 6.07 Å². The molecule has 1 heterocycles. The van der Waals surface area contributed by atoms with Crippen LogP contribution in [0.15, 0.2) is 24.5 Å². The molecule has 0 aliphatic carbocycles. The second kappa shape index (κ2) is 3.85. The summed E-state index contributed by atoms with van der Waals surface area (Å²) in [6.07, 6.45) is 3.40. The molecule has 0 saturated carbocycles. The Kier molecular flexibility index (Phi) is 3.01. The van der Waals surface area contributed by atoms with Crippen LogP contribution in [0.2, 0.25) is 0 Å². The Bertz CT molecular complexity index is 257. The average molecular weight is 180 g/mol. The molecule has 0 radical (unpaired) electrons. The summed E-state index contributed by atoms with van der Waals surface area (Å²) in [4.78, 5) is 5.93. The van der Waals surface area contributed by atoms with Gasteiger partial charge in [-0.25, -0.2) is 0 Å². The molecule has 0 aromatic carbocycles. The SMILES string of the molecule is CN(C)CC(C)(O)c1cccnc1. The van der Waals surface area contributed by atoms with E-state index in [1.54, 1.807) is 19.3 Å². The molecule has 0 fully saturated rings. The van der Waals surface area contributed by atoms with Crippen LogP contribution in [0.5, 0.6) is 0 Å². The van der Waals surface area contributed by atoms with Gasteiger partial charge < -0.3 is 10.0 Å². The molecule has 1 unspecified atom stereocenters. The quantitative estimate of drug-likeness (QED) is 0.749. The lowest BCUT2D eigenvalue weighted by molar-refractivity contribution is 0.0297. The molecule has 3 nitrogen and oxygen atoms in total. The molecule has 1 atom stereocenters. The minimum Gasteiger partial charge on any atom is -0.384 e. The van der Waals surface area contributed by atoms with Gasteiger partial charge in [-0.2, -0.15) is 0 Å². The van der Waals surface area contributed by atoms with Crippen molar-refractivity contribution in [3.05, 3.63) is 30.1 Å². The highest BCUT2D eigenvalue weighted by atomic mass is 16.3. The smallest absolute Gasteiger partial charge is 0.101 e. The Labute approximate surface area is 79.0 Å². The van der Waals surface area contributed by atoms with Gasteiger partial charge >= 0.3 is 0 Å². The van der Waals surface area contributed by atoms with E-state index >= 15 is 0 Å². The first-order valence-electron chi connectivity index (χ1n) is 4.30. The first kappa shape index (κ1) is 10.2. The molecule has 1 aromatic heterocycles. The van der Waals surface area contributed by atoms with E-state index in [0.29, 0.717) is 6.54 Å². The van der Waals surface area contributed by atoms with Crippen molar-refractivity contribution in [1.29, 1.82) is 0 Å². The highest BCUT2D eigenvalue weighted by Crippen LogP contribution is 2.19. The molecule has 0 aliphatic heterocycles. The summed E-state index contributed by atoms with van der Waals surface area (Å²) in [6, 6.07) is 3.72. The number of aromatic nitrogens is 1. The molecular weight excluding hydrogens is 164 g/mol. The van der Waals surface area contributed by atoms with Crippen LogP contribution in [0.25, 0.3) is 0 Å². The number of nitrogens with zero attached hydrogens (tertiary/aromatic N) is 2. The maximum atomic E-state index is 10.1. The summed E-state index contributed by atoms with van der Waals surface area (Å²) < 4.78 is 0. The summed E-state index contributed by atoms with van der Waals surface area (Å²) in [5, 5.41) is 10.1. The number of hydrogen-bond acceptors (Lipinski definition) is 3. The number of pyridine rings is 1. The molecule has 3 heteroatoms. The molecule has 0 spiro atoms. The highest BCUT2D eigenvalue weighted by Gasteiger charge is 2.23. The molecule has 13 heavy (non-hydrogen) atoms. The minimum atomic E-state index is -0.822. The Morgan fingerprint density at radius 1 is 1.54 bits per heavy atom. The zero-order valence-corrected chi connectivity index (χ0v) is 8.36. The molecule has 72 valence electrons. The number of aliphatic hydroxyl groups is 1. The molecule has 0 bridgehead atoms. The zero-order valence-electron chi connectivity index (χ0n) is 8.36. The van der Waals surface area contributed by atoms with Crippen molar-refractivity contribution >= 4 is 0 Å². The maximum Gasteiger partial charge on any atom is 0.101 e. The first-order valence-corrected chi connectivity index (χ1v) is 4.30. The van der Waals surface area contributed by atoms with Gasteiger partial charge in [0.1, 0.15) is 5.60 Å². The average Bonchev–Trinajstić information content (AvgIpc) is 2.04. The van der Waals surface area contributed by atoms with E-state index in [0.717, 1.165) is 5.56 Å². The summed E-state index contributed by atoms with van der Waals surface area (Å²) in [6.45, 7) is 2.39. The van der Waals surface area contributed by atoms with Crippen LogP contribution in [0.4, 0.5) is 0 Å². The van der Waals surface area contributed by atoms with Gasteiger partial charge in [0.15, 0.2) is 0 Å². The van der Waals surface area contributed by atoms with E-state index in [4.69, 9.17) is 0 Å². The predicted molar refractivity (Wildman–Crippen MR) is 52.4 cm³/mol. The van der Waals surface area contributed by atoms with Crippen LogP contribution in [-0.4, -0.2) is 35.6 Å². The fourth-order valence-corrected chi connectivity index (χ4v) is 1.39. The molecule has 0 amide bonds. The molecule has 1 N–H and O–H groups in total. The second-order valence-corrected chi connectivity index (χ2v) is 3.75. The Balaban J connectivity index is 2.81. The van der Waals surface area contributed by atoms with Gasteiger partial charge in [-0.05, 0) is 27.1 Å². The lowest BCUT2D eigenvalue weighted by Gasteiger charge is -2.26. The number of rotatable bonds is 3. The normalized spacial score (nSPS) is 15.8. The summed E-state index contributed by atoms with van der Waals surface area (Å²) in [7, 11) is 3.87. The van der Waals surface area contributed by atoms with Gasteiger partial charge in [-0.3, -0.25) is 4.98 Å². The van der Waals surface area contributed by atoms with Gasteiger partial charge in [0.25, 0.3) is 0 Å². The van der Waals surface area contributed by atoms with Crippen molar-refractivity contribution in [1.82, 2.24) is 9.88 Å². The van der Waals surface area contributed by atoms with Crippen LogP contribution in [0, 0.1) is 0 Å². The van der Waals surface area contributed by atoms with Crippen molar-refractivity contribution in [2.75, 3.05) is 20.6 Å². The van der Waals surface area contributed by atoms with E-state index in [1.165, 1.54) is 0 Å². The second-order valence-electron chi connectivity index (χ2n) is 3.75. The van der Waals surface area contributed by atoms with E-state index in [2.05, 4.69) is 4.98 Å². The third kappa shape index (κ3) is 2.79. The lowest BCUT2D eigenvalue weighted by Crippen LogP contribution is -2.34. The summed E-state index contributed by atoms with van der Waals surface area (Å²) in [5.74, 6) is 0. The molecule has 0 aliphatic rings. The van der Waals surface area contributed by atoms with Crippen molar-refractivity contribution in [2.45, 2.75) is 12.5 Å². The van der Waals surface area contributed by atoms with Crippen LogP contribution < -0.4 is 0 Å². The van der Waals surface area contributed by atoms with E-state index in [1.807, 2.05) is 31.1 Å². The number of likely N-dealkylation sites (N-methyl/N-ethyl adjacent to an activating group) is 1. The Morgan fingerprint density at radius 3 is 2.69 bits per heavy atom. The van der Waals surface area contributed by atoms with Crippen molar-refractivity contribution in [2.24, 2.45) is 0 Å². The van der Waals surface area contributed by atoms with E-state index in [-0.39, 0.29) is 0 Å². The Hall–Kier alpha value is -0.930. The first-order chi connectivity index (χ1) is 6.02. The van der Waals surface area contributed by atoms with Crippen LogP contribution in [0.3, 0.4) is 0 Å². The fraction of sp³-hybridized carbons (Fsp3) is 0.500. The molecule has 0 saturated heterocycles. The molecule has 1 aromatic rings. The van der Waals surface area contributed by atoms with Crippen molar-refractivity contribution < 1.29 is 5.11 Å². The number of hydrogen-bond donors (Lipinski definition) is 1. The largest absolute Gasteiger partial charge is 0.384 e. The van der Waals surface area contributed by atoms with E-state index in [9.17, 15) is 5.11 Å².